The molecule has 0 aromatic carbocycles. The van der Waals surface area contributed by atoms with E-state index in [4.69, 9.17) is 11.6 Å². The molecular weight excluding hydrogens is 219 g/mol. The molecule has 0 saturated carbocycles. The highest BCUT2D eigenvalue weighted by atomic mass is 79.9. The fourth-order valence-electron chi connectivity index (χ4n) is 0.248. The molecule has 0 saturated heterocycles. The Labute approximate surface area is 73.3 Å². The molecular formula is C6H8BrClO2. The van der Waals surface area contributed by atoms with E-state index < -0.39 is 11.5 Å². The summed E-state index contributed by atoms with van der Waals surface area (Å²) in [5.74, 6) is -0.459. The lowest BCUT2D eigenvalue weighted by molar-refractivity contribution is -0.139. The van der Waals surface area contributed by atoms with Crippen molar-refractivity contribution >= 4 is 33.5 Å². The van der Waals surface area contributed by atoms with Crippen LogP contribution in [0.1, 0.15) is 6.92 Å². The second kappa shape index (κ2) is 4.74. The van der Waals surface area contributed by atoms with E-state index in [0.29, 0.717) is 10.9 Å². The van der Waals surface area contributed by atoms with E-state index in [9.17, 15) is 4.79 Å². The van der Waals surface area contributed by atoms with Crippen molar-refractivity contribution in [1.29, 1.82) is 0 Å². The summed E-state index contributed by atoms with van der Waals surface area (Å²) in [6.07, 6.45) is 0. The van der Waals surface area contributed by atoms with Crippen molar-refractivity contribution in [2.24, 2.45) is 0 Å². The summed E-state index contributed by atoms with van der Waals surface area (Å²) in [4.78, 5) is 10.7. The molecule has 0 aliphatic rings. The van der Waals surface area contributed by atoms with Gasteiger partial charge >= 0.3 is 5.97 Å². The molecule has 1 unspecified atom stereocenters. The Bertz CT molecular complexity index is 147. The van der Waals surface area contributed by atoms with Gasteiger partial charge in [0.15, 0.2) is 5.56 Å². The van der Waals surface area contributed by atoms with Crippen LogP contribution in [0.3, 0.4) is 0 Å². The lowest BCUT2D eigenvalue weighted by Gasteiger charge is -2.06. The smallest absolute Gasteiger partial charge is 0.334 e. The third-order valence-electron chi connectivity index (χ3n) is 0.705. The molecule has 0 amide bonds. The number of esters is 1. The number of rotatable bonds is 3. The van der Waals surface area contributed by atoms with Crippen LogP contribution in [-0.4, -0.2) is 16.9 Å². The highest BCUT2D eigenvalue weighted by Crippen LogP contribution is 2.05. The molecule has 0 fully saturated rings. The summed E-state index contributed by atoms with van der Waals surface area (Å²) in [6.45, 7) is 4.96. The van der Waals surface area contributed by atoms with Crippen LogP contribution in [0.4, 0.5) is 0 Å². The maximum atomic E-state index is 10.7. The Morgan fingerprint density at radius 1 is 1.90 bits per heavy atom. The maximum Gasteiger partial charge on any atom is 0.334 e. The van der Waals surface area contributed by atoms with Crippen LogP contribution in [0.2, 0.25) is 0 Å². The Morgan fingerprint density at radius 3 is 2.70 bits per heavy atom. The first-order valence-electron chi connectivity index (χ1n) is 2.64. The lowest BCUT2D eigenvalue weighted by atomic mass is 10.4. The molecule has 0 heterocycles. The van der Waals surface area contributed by atoms with Crippen molar-refractivity contribution in [2.75, 3.05) is 5.33 Å². The normalized spacial score (nSPS) is 12.3. The van der Waals surface area contributed by atoms with Crippen LogP contribution in [0.25, 0.3) is 0 Å². The van der Waals surface area contributed by atoms with Crippen LogP contribution in [0.15, 0.2) is 12.2 Å². The molecule has 0 spiro atoms. The third kappa shape index (κ3) is 3.90. The first kappa shape index (κ1) is 9.98. The first-order chi connectivity index (χ1) is 4.57. The van der Waals surface area contributed by atoms with Crippen LogP contribution in [0, 0.1) is 0 Å². The van der Waals surface area contributed by atoms with Gasteiger partial charge in [0.1, 0.15) is 0 Å². The number of hydrogen-bond acceptors (Lipinski definition) is 2. The van der Waals surface area contributed by atoms with Gasteiger partial charge in [-0.2, -0.15) is 0 Å². The summed E-state index contributed by atoms with van der Waals surface area (Å²) in [7, 11) is 0. The van der Waals surface area contributed by atoms with Gasteiger partial charge in [-0.15, -0.1) is 0 Å². The highest BCUT2D eigenvalue weighted by Gasteiger charge is 2.09. The van der Waals surface area contributed by atoms with Crippen molar-refractivity contribution in [3.8, 4) is 0 Å². The van der Waals surface area contributed by atoms with Crippen LogP contribution in [0.5, 0.6) is 0 Å². The summed E-state index contributed by atoms with van der Waals surface area (Å²) < 4.78 is 4.64. The van der Waals surface area contributed by atoms with Gasteiger partial charge < -0.3 is 4.74 Å². The fraction of sp³-hybridized carbons (Fsp3) is 0.500. The van der Waals surface area contributed by atoms with Crippen LogP contribution < -0.4 is 0 Å². The number of ether oxygens (including phenoxy) is 1. The van der Waals surface area contributed by atoms with Gasteiger partial charge in [-0.1, -0.05) is 34.1 Å². The summed E-state index contributed by atoms with van der Waals surface area (Å²) in [6, 6.07) is 0. The monoisotopic (exact) mass is 226 g/mol. The molecule has 0 rings (SSSR count). The van der Waals surface area contributed by atoms with Crippen molar-refractivity contribution in [3.05, 3.63) is 12.2 Å². The Kier molecular flexibility index (Phi) is 4.73. The van der Waals surface area contributed by atoms with E-state index in [0.717, 1.165) is 0 Å². The lowest BCUT2D eigenvalue weighted by Crippen LogP contribution is -2.13. The van der Waals surface area contributed by atoms with Gasteiger partial charge in [0, 0.05) is 5.57 Å². The highest BCUT2D eigenvalue weighted by molar-refractivity contribution is 9.09. The molecule has 0 bridgehead atoms. The Hall–Kier alpha value is -0.0200. The summed E-state index contributed by atoms with van der Waals surface area (Å²) >= 11 is 8.53. The van der Waals surface area contributed by atoms with E-state index in [1.807, 2.05) is 0 Å². The molecule has 0 aliphatic carbocycles. The van der Waals surface area contributed by atoms with Crippen molar-refractivity contribution in [2.45, 2.75) is 12.5 Å². The SMILES string of the molecule is C=C(C)C(=O)OC(Cl)CBr. The predicted octanol–water partition coefficient (Wildman–Crippen LogP) is 2.07. The van der Waals surface area contributed by atoms with E-state index >= 15 is 0 Å². The minimum Gasteiger partial charge on any atom is -0.442 e. The maximum absolute atomic E-state index is 10.7. The van der Waals surface area contributed by atoms with E-state index in [1.165, 1.54) is 0 Å². The Balaban J connectivity index is 3.68. The van der Waals surface area contributed by atoms with Crippen molar-refractivity contribution in [3.63, 3.8) is 0 Å². The molecule has 1 atom stereocenters. The zero-order valence-electron chi connectivity index (χ0n) is 5.56. The van der Waals surface area contributed by atoms with Gasteiger partial charge in [0.05, 0.1) is 5.33 Å². The largest absolute Gasteiger partial charge is 0.442 e. The van der Waals surface area contributed by atoms with Crippen molar-refractivity contribution in [1.82, 2.24) is 0 Å². The van der Waals surface area contributed by atoms with Crippen LogP contribution in [-0.2, 0) is 9.53 Å². The van der Waals surface area contributed by atoms with E-state index in [-0.39, 0.29) is 0 Å². The average molecular weight is 227 g/mol. The molecule has 0 N–H and O–H groups in total. The quantitative estimate of drug-likeness (QED) is 0.419. The molecule has 4 heteroatoms. The first-order valence-corrected chi connectivity index (χ1v) is 4.20. The number of alkyl halides is 2. The van der Waals surface area contributed by atoms with Crippen LogP contribution >= 0.6 is 27.5 Å². The zero-order chi connectivity index (χ0) is 8.15. The van der Waals surface area contributed by atoms with Gasteiger partial charge in [0.2, 0.25) is 0 Å². The number of hydrogen-bond donors (Lipinski definition) is 0. The topological polar surface area (TPSA) is 26.3 Å². The standard InChI is InChI=1S/C6H8BrClO2/c1-4(2)6(9)10-5(8)3-7/h5H,1,3H2,2H3. The fourth-order valence-corrected chi connectivity index (χ4v) is 0.461. The van der Waals surface area contributed by atoms with Gasteiger partial charge in [-0.05, 0) is 6.92 Å². The minimum atomic E-state index is -0.607. The van der Waals surface area contributed by atoms with E-state index in [2.05, 4.69) is 27.2 Å². The second-order valence-corrected chi connectivity index (χ2v) is 2.88. The summed E-state index contributed by atoms with van der Waals surface area (Å²) in [5, 5.41) is 0.424. The van der Waals surface area contributed by atoms with Gasteiger partial charge in [-0.25, -0.2) is 4.79 Å². The zero-order valence-corrected chi connectivity index (χ0v) is 7.91. The van der Waals surface area contributed by atoms with Gasteiger partial charge in [-0.3, -0.25) is 0 Å². The molecule has 0 aromatic heterocycles. The third-order valence-corrected chi connectivity index (χ3v) is 1.91. The molecule has 0 aliphatic heterocycles. The minimum absolute atomic E-state index is 0.353. The predicted molar refractivity (Wildman–Crippen MR) is 44.3 cm³/mol. The number of carbonyl (C=O) groups excluding carboxylic acids is 1. The number of halogens is 2. The summed E-state index contributed by atoms with van der Waals surface area (Å²) in [5.41, 5.74) is -0.254. The molecule has 58 valence electrons. The molecule has 10 heavy (non-hydrogen) atoms. The molecule has 0 aromatic rings. The van der Waals surface area contributed by atoms with E-state index in [1.54, 1.807) is 6.92 Å². The number of carbonyl (C=O) groups is 1. The second-order valence-electron chi connectivity index (χ2n) is 1.75. The molecule has 2 nitrogen and oxygen atoms in total. The average Bonchev–Trinajstić information content (AvgIpc) is 1.87. The van der Waals surface area contributed by atoms with Gasteiger partial charge in [0.25, 0.3) is 0 Å². The van der Waals surface area contributed by atoms with Crippen molar-refractivity contribution < 1.29 is 9.53 Å². The molecule has 0 radical (unpaired) electrons. The Morgan fingerprint density at radius 2 is 2.40 bits per heavy atom.